The zero-order valence-corrected chi connectivity index (χ0v) is 20.6. The number of pyridine rings is 1. The van der Waals surface area contributed by atoms with Gasteiger partial charge in [0.05, 0.1) is 6.54 Å². The quantitative estimate of drug-likeness (QED) is 0.310. The van der Waals surface area contributed by atoms with Crippen molar-refractivity contribution in [3.63, 3.8) is 0 Å². The number of aliphatic imine (C=N–C) groups is 1. The Morgan fingerprint density at radius 3 is 2.63 bits per heavy atom. The van der Waals surface area contributed by atoms with Gasteiger partial charge >= 0.3 is 0 Å². The Morgan fingerprint density at radius 1 is 1.13 bits per heavy atom. The number of nitrogens with zero attached hydrogens (tertiary/aromatic N) is 3. The van der Waals surface area contributed by atoms with Crippen molar-refractivity contribution in [2.45, 2.75) is 46.2 Å². The number of hydrogen-bond donors (Lipinski definition) is 2. The molecule has 1 saturated heterocycles. The SMILES string of the molecule is CCNC(=NCc1ccc(CN2CCCC(C)C2)cc1)NCCc1ccccn1.I. The van der Waals surface area contributed by atoms with E-state index in [1.807, 2.05) is 18.3 Å². The zero-order chi connectivity index (χ0) is 20.3. The van der Waals surface area contributed by atoms with Crippen molar-refractivity contribution in [2.24, 2.45) is 10.9 Å². The molecule has 164 valence electrons. The zero-order valence-electron chi connectivity index (χ0n) is 18.3. The Bertz CT molecular complexity index is 748. The molecule has 2 heterocycles. The molecule has 1 aromatic carbocycles. The van der Waals surface area contributed by atoms with Gasteiger partial charge in [-0.25, -0.2) is 4.99 Å². The van der Waals surface area contributed by atoms with Crippen molar-refractivity contribution in [1.29, 1.82) is 0 Å². The predicted molar refractivity (Wildman–Crippen MR) is 136 cm³/mol. The number of piperidine rings is 1. The maximum absolute atomic E-state index is 4.73. The third-order valence-electron chi connectivity index (χ3n) is 5.33. The normalized spacial score (nSPS) is 17.3. The molecule has 5 nitrogen and oxygen atoms in total. The van der Waals surface area contributed by atoms with Gasteiger partial charge < -0.3 is 10.6 Å². The van der Waals surface area contributed by atoms with Gasteiger partial charge in [-0.1, -0.05) is 37.3 Å². The van der Waals surface area contributed by atoms with Crippen molar-refractivity contribution < 1.29 is 0 Å². The molecule has 6 heteroatoms. The summed E-state index contributed by atoms with van der Waals surface area (Å²) in [5.41, 5.74) is 3.73. The fourth-order valence-corrected chi connectivity index (χ4v) is 3.81. The van der Waals surface area contributed by atoms with Crippen LogP contribution in [0.1, 0.15) is 43.5 Å². The Hall–Kier alpha value is -1.67. The Balaban J connectivity index is 0.00000320. The van der Waals surface area contributed by atoms with E-state index in [9.17, 15) is 0 Å². The minimum absolute atomic E-state index is 0. The number of benzene rings is 1. The van der Waals surface area contributed by atoms with E-state index in [1.54, 1.807) is 0 Å². The van der Waals surface area contributed by atoms with Crippen LogP contribution in [0.3, 0.4) is 0 Å². The Labute approximate surface area is 198 Å². The highest BCUT2D eigenvalue weighted by molar-refractivity contribution is 14.0. The summed E-state index contributed by atoms with van der Waals surface area (Å²) >= 11 is 0. The molecule has 0 radical (unpaired) electrons. The van der Waals surface area contributed by atoms with Crippen molar-refractivity contribution in [1.82, 2.24) is 20.5 Å². The first-order chi connectivity index (χ1) is 14.2. The average molecular weight is 521 g/mol. The molecule has 0 aliphatic carbocycles. The van der Waals surface area contributed by atoms with Crippen LogP contribution in [0.4, 0.5) is 0 Å². The summed E-state index contributed by atoms with van der Waals surface area (Å²) in [6.45, 7) is 10.3. The van der Waals surface area contributed by atoms with Crippen LogP contribution in [0, 0.1) is 5.92 Å². The molecule has 3 rings (SSSR count). The fourth-order valence-electron chi connectivity index (χ4n) is 3.81. The van der Waals surface area contributed by atoms with Crippen LogP contribution < -0.4 is 10.6 Å². The van der Waals surface area contributed by atoms with Crippen LogP contribution in [-0.4, -0.2) is 42.0 Å². The first kappa shape index (κ1) is 24.6. The molecule has 30 heavy (non-hydrogen) atoms. The molecule has 2 aromatic rings. The number of likely N-dealkylation sites (tertiary alicyclic amines) is 1. The average Bonchev–Trinajstić information content (AvgIpc) is 2.74. The molecular formula is C24H36IN5. The second-order valence-electron chi connectivity index (χ2n) is 7.99. The Kier molecular flexibility index (Phi) is 11.1. The first-order valence-electron chi connectivity index (χ1n) is 10.9. The van der Waals surface area contributed by atoms with Gasteiger partial charge in [0.25, 0.3) is 0 Å². The van der Waals surface area contributed by atoms with Crippen molar-refractivity contribution in [3.05, 3.63) is 65.5 Å². The number of hydrogen-bond acceptors (Lipinski definition) is 3. The standard InChI is InChI=1S/C24H35N5.HI/c1-3-25-24(27-15-13-23-8-4-5-14-26-23)28-17-21-9-11-22(12-10-21)19-29-16-6-7-20(2)18-29;/h4-5,8-12,14,20H,3,6-7,13,15-19H2,1-2H3,(H2,25,27,28);1H. The fraction of sp³-hybridized carbons (Fsp3) is 0.500. The first-order valence-corrected chi connectivity index (χ1v) is 10.9. The van der Waals surface area contributed by atoms with Gasteiger partial charge in [0, 0.05) is 44.5 Å². The van der Waals surface area contributed by atoms with Gasteiger partial charge in [0.2, 0.25) is 0 Å². The summed E-state index contributed by atoms with van der Waals surface area (Å²) in [4.78, 5) is 11.7. The van der Waals surface area contributed by atoms with E-state index in [0.29, 0.717) is 6.54 Å². The number of rotatable bonds is 8. The topological polar surface area (TPSA) is 52.6 Å². The van der Waals surface area contributed by atoms with E-state index in [2.05, 4.69) is 64.7 Å². The molecule has 1 aromatic heterocycles. The van der Waals surface area contributed by atoms with Gasteiger partial charge in [0.15, 0.2) is 5.96 Å². The lowest BCUT2D eigenvalue weighted by atomic mass is 9.99. The van der Waals surface area contributed by atoms with Crippen LogP contribution in [0.5, 0.6) is 0 Å². The summed E-state index contributed by atoms with van der Waals surface area (Å²) in [6.07, 6.45) is 5.42. The lowest BCUT2D eigenvalue weighted by Crippen LogP contribution is -2.38. The molecule has 1 aliphatic heterocycles. The van der Waals surface area contributed by atoms with Gasteiger partial charge in [0.1, 0.15) is 0 Å². The van der Waals surface area contributed by atoms with Crippen molar-refractivity contribution in [3.8, 4) is 0 Å². The summed E-state index contributed by atoms with van der Waals surface area (Å²) in [7, 11) is 0. The summed E-state index contributed by atoms with van der Waals surface area (Å²) in [6, 6.07) is 15.0. The highest BCUT2D eigenvalue weighted by Crippen LogP contribution is 2.18. The lowest BCUT2D eigenvalue weighted by molar-refractivity contribution is 0.176. The van der Waals surface area contributed by atoms with Gasteiger partial charge in [-0.15, -0.1) is 24.0 Å². The van der Waals surface area contributed by atoms with E-state index >= 15 is 0 Å². The molecule has 0 bridgehead atoms. The van der Waals surface area contributed by atoms with Crippen LogP contribution in [0.2, 0.25) is 0 Å². The third-order valence-corrected chi connectivity index (χ3v) is 5.33. The van der Waals surface area contributed by atoms with Crippen LogP contribution in [-0.2, 0) is 19.5 Å². The maximum Gasteiger partial charge on any atom is 0.191 e. The van der Waals surface area contributed by atoms with E-state index in [1.165, 1.54) is 37.1 Å². The highest BCUT2D eigenvalue weighted by Gasteiger charge is 2.16. The number of guanidine groups is 1. The molecule has 0 amide bonds. The predicted octanol–water partition coefficient (Wildman–Crippen LogP) is 4.23. The maximum atomic E-state index is 4.73. The molecule has 2 N–H and O–H groups in total. The number of halogens is 1. The molecule has 1 unspecified atom stereocenters. The molecule has 0 spiro atoms. The van der Waals surface area contributed by atoms with Gasteiger partial charge in [-0.3, -0.25) is 9.88 Å². The van der Waals surface area contributed by atoms with Crippen molar-refractivity contribution >= 4 is 29.9 Å². The monoisotopic (exact) mass is 521 g/mol. The molecule has 1 atom stereocenters. The van der Waals surface area contributed by atoms with Crippen LogP contribution in [0.15, 0.2) is 53.7 Å². The number of nitrogens with one attached hydrogen (secondary N) is 2. The Morgan fingerprint density at radius 2 is 1.93 bits per heavy atom. The summed E-state index contributed by atoms with van der Waals surface area (Å²) in [5, 5.41) is 6.72. The smallest absolute Gasteiger partial charge is 0.191 e. The van der Waals surface area contributed by atoms with E-state index < -0.39 is 0 Å². The van der Waals surface area contributed by atoms with Crippen molar-refractivity contribution in [2.75, 3.05) is 26.2 Å². The largest absolute Gasteiger partial charge is 0.357 e. The molecule has 0 saturated carbocycles. The number of aromatic nitrogens is 1. The van der Waals surface area contributed by atoms with Crippen LogP contribution >= 0.6 is 24.0 Å². The van der Waals surface area contributed by atoms with Gasteiger partial charge in [-0.05, 0) is 55.5 Å². The second-order valence-corrected chi connectivity index (χ2v) is 7.99. The molecule has 1 aliphatic rings. The van der Waals surface area contributed by atoms with E-state index in [-0.39, 0.29) is 24.0 Å². The highest BCUT2D eigenvalue weighted by atomic mass is 127. The lowest BCUT2D eigenvalue weighted by Gasteiger charge is -2.30. The summed E-state index contributed by atoms with van der Waals surface area (Å²) in [5.74, 6) is 1.68. The minimum atomic E-state index is 0. The summed E-state index contributed by atoms with van der Waals surface area (Å²) < 4.78 is 0. The molecular weight excluding hydrogens is 485 g/mol. The van der Waals surface area contributed by atoms with Gasteiger partial charge in [-0.2, -0.15) is 0 Å². The van der Waals surface area contributed by atoms with Crippen LogP contribution in [0.25, 0.3) is 0 Å². The van der Waals surface area contributed by atoms with E-state index in [0.717, 1.165) is 43.6 Å². The van der Waals surface area contributed by atoms with E-state index in [4.69, 9.17) is 4.99 Å². The third kappa shape index (κ3) is 8.60. The molecule has 1 fully saturated rings. The second kappa shape index (κ2) is 13.6. The minimum Gasteiger partial charge on any atom is -0.357 e.